The number of benzene rings is 1. The maximum Gasteiger partial charge on any atom is 0.264 e. The first-order valence-corrected chi connectivity index (χ1v) is 7.31. The Morgan fingerprint density at radius 1 is 1.48 bits per heavy atom. The quantitative estimate of drug-likeness (QED) is 0.810. The molecule has 0 fully saturated rings. The summed E-state index contributed by atoms with van der Waals surface area (Å²) >= 11 is 3.35. The number of anilines is 1. The summed E-state index contributed by atoms with van der Waals surface area (Å²) in [5, 5.41) is 10.7. The second-order valence-corrected chi connectivity index (χ2v) is 6.28. The molecule has 1 aromatic rings. The molecular weight excluding hydrogens is 336 g/mol. The maximum absolute atomic E-state index is 12.6. The van der Waals surface area contributed by atoms with Crippen molar-refractivity contribution in [1.29, 1.82) is 0 Å². The highest BCUT2D eigenvalue weighted by Crippen LogP contribution is 2.43. The molecule has 0 aromatic heterocycles. The Morgan fingerprint density at radius 2 is 2.14 bits per heavy atom. The fourth-order valence-corrected chi connectivity index (χ4v) is 2.75. The van der Waals surface area contributed by atoms with Crippen LogP contribution >= 0.6 is 15.9 Å². The number of hydrogen-bond donors (Lipinski definition) is 2. The van der Waals surface area contributed by atoms with Crippen molar-refractivity contribution in [3.8, 4) is 0 Å². The van der Waals surface area contributed by atoms with E-state index in [0.29, 0.717) is 17.8 Å². The summed E-state index contributed by atoms with van der Waals surface area (Å²) in [5.41, 5.74) is 5.37. The van der Waals surface area contributed by atoms with Crippen LogP contribution in [-0.4, -0.2) is 23.5 Å². The smallest absolute Gasteiger partial charge is 0.264 e. The fourth-order valence-electron chi connectivity index (χ4n) is 2.40. The molecule has 1 heterocycles. The van der Waals surface area contributed by atoms with Crippen molar-refractivity contribution in [2.24, 2.45) is 5.73 Å². The lowest BCUT2D eigenvalue weighted by Gasteiger charge is -2.21. The molecule has 21 heavy (non-hydrogen) atoms. The van der Waals surface area contributed by atoms with Gasteiger partial charge in [0.25, 0.3) is 5.91 Å². The highest BCUT2D eigenvalue weighted by molar-refractivity contribution is 9.10. The Labute approximate surface area is 131 Å². The lowest BCUT2D eigenvalue weighted by molar-refractivity contribution is -0.141. The number of primary amides is 1. The molecule has 5 nitrogen and oxygen atoms in total. The molecule has 0 aliphatic carbocycles. The zero-order valence-corrected chi connectivity index (χ0v) is 13.5. The largest absolute Gasteiger partial charge is 0.375 e. The number of halogens is 1. The molecule has 1 aliphatic rings. The number of fused-ring (bicyclic) bond motifs is 1. The molecule has 1 atom stereocenters. The topological polar surface area (TPSA) is 83.6 Å². The molecule has 0 saturated carbocycles. The zero-order chi connectivity index (χ0) is 15.8. The summed E-state index contributed by atoms with van der Waals surface area (Å²) in [5.74, 6) is -1.24. The number of hydrogen-bond acceptors (Lipinski definition) is 3. The molecule has 112 valence electrons. The van der Waals surface area contributed by atoms with Gasteiger partial charge in [-0.25, -0.2) is 0 Å². The number of allylic oxidation sites excluding steroid dienone is 1. The average Bonchev–Trinajstić information content (AvgIpc) is 2.55. The normalized spacial score (nSPS) is 20.4. The van der Waals surface area contributed by atoms with Gasteiger partial charge in [0, 0.05) is 16.6 Å². The molecule has 1 aliphatic heterocycles. The first-order chi connectivity index (χ1) is 9.75. The second kappa shape index (κ2) is 5.61. The number of carbonyl (C=O) groups is 2. The van der Waals surface area contributed by atoms with Crippen molar-refractivity contribution in [3.63, 3.8) is 0 Å². The Bertz CT molecular complexity index is 638. The van der Waals surface area contributed by atoms with E-state index >= 15 is 0 Å². The van der Waals surface area contributed by atoms with Crippen LogP contribution < -0.4 is 10.6 Å². The maximum atomic E-state index is 12.6. The third kappa shape index (κ3) is 2.87. The van der Waals surface area contributed by atoms with Crippen LogP contribution in [0.25, 0.3) is 0 Å². The standard InChI is InChI=1S/C15H17BrN2O3/c1-9(2)5-6-18-12-7-10(16)3-4-11(12)15(21,14(18)20)8-13(17)19/h3-5,7,21H,6,8H2,1-2H3,(H2,17,19). The second-order valence-electron chi connectivity index (χ2n) is 5.36. The number of nitrogens with zero attached hydrogens (tertiary/aromatic N) is 1. The summed E-state index contributed by atoms with van der Waals surface area (Å²) in [7, 11) is 0. The van der Waals surface area contributed by atoms with E-state index in [1.165, 1.54) is 4.90 Å². The minimum absolute atomic E-state index is 0.339. The van der Waals surface area contributed by atoms with Crippen LogP contribution in [0, 0.1) is 0 Å². The number of nitrogens with two attached hydrogens (primary N) is 1. The van der Waals surface area contributed by atoms with Crippen molar-refractivity contribution in [1.82, 2.24) is 0 Å². The van der Waals surface area contributed by atoms with E-state index in [1.807, 2.05) is 19.9 Å². The van der Waals surface area contributed by atoms with Gasteiger partial charge in [-0.1, -0.05) is 33.6 Å². The van der Waals surface area contributed by atoms with Crippen LogP contribution in [0.1, 0.15) is 25.8 Å². The number of carbonyl (C=O) groups excluding carboxylic acids is 2. The lowest BCUT2D eigenvalue weighted by atomic mass is 9.92. The number of rotatable bonds is 4. The predicted molar refractivity (Wildman–Crippen MR) is 83.6 cm³/mol. The molecule has 2 rings (SSSR count). The van der Waals surface area contributed by atoms with Crippen LogP contribution in [0.2, 0.25) is 0 Å². The molecule has 0 radical (unpaired) electrons. The summed E-state index contributed by atoms with van der Waals surface area (Å²) in [6.07, 6.45) is 1.46. The van der Waals surface area contributed by atoms with Gasteiger partial charge in [0.15, 0.2) is 5.60 Å². The molecule has 0 bridgehead atoms. The van der Waals surface area contributed by atoms with E-state index < -0.39 is 23.8 Å². The van der Waals surface area contributed by atoms with E-state index in [9.17, 15) is 14.7 Å². The van der Waals surface area contributed by atoms with Gasteiger partial charge < -0.3 is 15.7 Å². The summed E-state index contributed by atoms with van der Waals surface area (Å²) in [6, 6.07) is 5.12. The van der Waals surface area contributed by atoms with Gasteiger partial charge in [-0.05, 0) is 26.0 Å². The van der Waals surface area contributed by atoms with Gasteiger partial charge in [-0.15, -0.1) is 0 Å². The minimum Gasteiger partial charge on any atom is -0.375 e. The van der Waals surface area contributed by atoms with Crippen LogP contribution in [0.4, 0.5) is 5.69 Å². The van der Waals surface area contributed by atoms with Gasteiger partial charge in [0.05, 0.1) is 12.1 Å². The summed E-state index contributed by atoms with van der Waals surface area (Å²) in [4.78, 5) is 25.3. The van der Waals surface area contributed by atoms with Crippen LogP contribution in [-0.2, 0) is 15.2 Å². The van der Waals surface area contributed by atoms with Gasteiger partial charge in [0.1, 0.15) is 0 Å². The van der Waals surface area contributed by atoms with Crippen molar-refractivity contribution in [2.75, 3.05) is 11.4 Å². The van der Waals surface area contributed by atoms with Gasteiger partial charge in [0.2, 0.25) is 5.91 Å². The third-order valence-electron chi connectivity index (χ3n) is 3.41. The molecule has 0 spiro atoms. The number of amides is 2. The molecule has 6 heteroatoms. The molecule has 2 amide bonds. The van der Waals surface area contributed by atoms with Crippen LogP contribution in [0.3, 0.4) is 0 Å². The summed E-state index contributed by atoms with van der Waals surface area (Å²) < 4.78 is 0.791. The van der Waals surface area contributed by atoms with Crippen LogP contribution in [0.15, 0.2) is 34.3 Å². The molecular formula is C15H17BrN2O3. The summed E-state index contributed by atoms with van der Waals surface area (Å²) in [6.45, 7) is 4.20. The lowest BCUT2D eigenvalue weighted by Crippen LogP contribution is -2.43. The SMILES string of the molecule is CC(C)=CCN1C(=O)C(O)(CC(N)=O)c2ccc(Br)cc21. The van der Waals surface area contributed by atoms with Crippen molar-refractivity contribution in [3.05, 3.63) is 39.9 Å². The van der Waals surface area contributed by atoms with Gasteiger partial charge >= 0.3 is 0 Å². The van der Waals surface area contributed by atoms with E-state index in [-0.39, 0.29) is 0 Å². The van der Waals surface area contributed by atoms with Crippen molar-refractivity contribution in [2.45, 2.75) is 25.9 Å². The minimum atomic E-state index is -1.88. The Hall–Kier alpha value is -1.66. The van der Waals surface area contributed by atoms with E-state index in [0.717, 1.165) is 10.0 Å². The molecule has 0 saturated heterocycles. The fraction of sp³-hybridized carbons (Fsp3) is 0.333. The monoisotopic (exact) mass is 352 g/mol. The third-order valence-corrected chi connectivity index (χ3v) is 3.90. The highest BCUT2D eigenvalue weighted by Gasteiger charge is 2.50. The Morgan fingerprint density at radius 3 is 2.71 bits per heavy atom. The van der Waals surface area contributed by atoms with Gasteiger partial charge in [-0.2, -0.15) is 0 Å². The van der Waals surface area contributed by atoms with E-state index in [1.54, 1.807) is 18.2 Å². The van der Waals surface area contributed by atoms with Gasteiger partial charge in [-0.3, -0.25) is 9.59 Å². The Kier molecular flexibility index (Phi) is 4.20. The molecule has 3 N–H and O–H groups in total. The average molecular weight is 353 g/mol. The predicted octanol–water partition coefficient (Wildman–Crippen LogP) is 1.82. The zero-order valence-electron chi connectivity index (χ0n) is 11.9. The number of aliphatic hydroxyl groups is 1. The first-order valence-electron chi connectivity index (χ1n) is 6.52. The highest BCUT2D eigenvalue weighted by atomic mass is 79.9. The van der Waals surface area contributed by atoms with Crippen molar-refractivity contribution < 1.29 is 14.7 Å². The Balaban J connectivity index is 2.52. The van der Waals surface area contributed by atoms with Crippen molar-refractivity contribution >= 4 is 33.4 Å². The van der Waals surface area contributed by atoms with E-state index in [2.05, 4.69) is 15.9 Å². The first kappa shape index (κ1) is 15.7. The molecule has 1 unspecified atom stereocenters. The molecule has 1 aromatic carbocycles. The van der Waals surface area contributed by atoms with Crippen LogP contribution in [0.5, 0.6) is 0 Å². The van der Waals surface area contributed by atoms with E-state index in [4.69, 9.17) is 5.73 Å².